The van der Waals surface area contributed by atoms with Crippen LogP contribution in [0.5, 0.6) is 5.75 Å². The lowest BCUT2D eigenvalue weighted by Gasteiger charge is -2.14. The first kappa shape index (κ1) is 27.3. The van der Waals surface area contributed by atoms with Crippen molar-refractivity contribution in [3.05, 3.63) is 81.2 Å². The molecular formula is C30H35ClN2O3. The number of aromatic nitrogens is 1. The number of ether oxygens (including phenoxy) is 1. The number of carboxylic acids is 1. The zero-order valence-electron chi connectivity index (χ0n) is 21.8. The number of aryl methyl sites for hydroxylation is 4. The lowest BCUT2D eigenvalue weighted by Crippen LogP contribution is -2.07. The van der Waals surface area contributed by atoms with E-state index in [0.29, 0.717) is 13.2 Å². The number of allylic oxidation sites excluding steroid dienone is 3. The Hall–Kier alpha value is -3.31. The van der Waals surface area contributed by atoms with Crippen molar-refractivity contribution in [1.29, 1.82) is 0 Å². The van der Waals surface area contributed by atoms with Crippen molar-refractivity contribution in [3.63, 3.8) is 0 Å². The molecule has 0 saturated heterocycles. The van der Waals surface area contributed by atoms with Crippen molar-refractivity contribution in [3.8, 4) is 5.75 Å². The molecule has 0 fully saturated rings. The number of nitrogens with zero attached hydrogens (tertiary/aromatic N) is 2. The molecule has 0 amide bonds. The topological polar surface area (TPSA) is 63.8 Å². The zero-order chi connectivity index (χ0) is 26.4. The number of benzene rings is 2. The van der Waals surface area contributed by atoms with E-state index in [1.807, 2.05) is 39.8 Å². The van der Waals surface area contributed by atoms with Crippen LogP contribution in [0.4, 0.5) is 0 Å². The third-order valence-electron chi connectivity index (χ3n) is 6.56. The molecule has 0 aliphatic rings. The molecule has 1 heterocycles. The largest absolute Gasteiger partial charge is 0.494 e. The van der Waals surface area contributed by atoms with Crippen LogP contribution in [-0.4, -0.2) is 29.0 Å². The van der Waals surface area contributed by atoms with E-state index in [4.69, 9.17) is 16.3 Å². The van der Waals surface area contributed by atoms with Gasteiger partial charge in [0.05, 0.1) is 18.5 Å². The number of halogens is 1. The molecule has 6 heteroatoms. The van der Waals surface area contributed by atoms with E-state index in [1.165, 1.54) is 5.56 Å². The first-order valence-corrected chi connectivity index (χ1v) is 12.6. The first-order valence-electron chi connectivity index (χ1n) is 12.2. The van der Waals surface area contributed by atoms with Crippen molar-refractivity contribution in [2.45, 2.75) is 60.4 Å². The van der Waals surface area contributed by atoms with Crippen molar-refractivity contribution < 1.29 is 14.6 Å². The van der Waals surface area contributed by atoms with Crippen molar-refractivity contribution in [2.24, 2.45) is 4.99 Å². The lowest BCUT2D eigenvalue weighted by atomic mass is 9.96. The first-order chi connectivity index (χ1) is 17.2. The predicted octanol–water partition coefficient (Wildman–Crippen LogP) is 7.71. The second-order valence-corrected chi connectivity index (χ2v) is 9.46. The van der Waals surface area contributed by atoms with E-state index in [2.05, 4.69) is 47.5 Å². The fourth-order valence-corrected chi connectivity index (χ4v) is 4.96. The highest BCUT2D eigenvalue weighted by molar-refractivity contribution is 6.32. The highest BCUT2D eigenvalue weighted by Gasteiger charge is 2.19. The van der Waals surface area contributed by atoms with Gasteiger partial charge in [0.25, 0.3) is 0 Å². The van der Waals surface area contributed by atoms with Crippen LogP contribution in [0.25, 0.3) is 16.5 Å². The van der Waals surface area contributed by atoms with E-state index in [1.54, 1.807) is 6.20 Å². The summed E-state index contributed by atoms with van der Waals surface area (Å²) in [5.74, 6) is 0.0172. The van der Waals surface area contributed by atoms with Crippen molar-refractivity contribution in [2.75, 3.05) is 6.61 Å². The van der Waals surface area contributed by atoms with Gasteiger partial charge in [-0.1, -0.05) is 35.9 Å². The van der Waals surface area contributed by atoms with Gasteiger partial charge in [0.15, 0.2) is 0 Å². The number of fused-ring (bicyclic) bond motifs is 1. The molecular weight excluding hydrogens is 472 g/mol. The van der Waals surface area contributed by atoms with Crippen LogP contribution < -0.4 is 4.74 Å². The minimum Gasteiger partial charge on any atom is -0.494 e. The Balaban J connectivity index is 1.96. The Bertz CT molecular complexity index is 1320. The van der Waals surface area contributed by atoms with Crippen LogP contribution in [0.3, 0.4) is 0 Å². The Morgan fingerprint density at radius 3 is 2.53 bits per heavy atom. The molecule has 190 valence electrons. The lowest BCUT2D eigenvalue weighted by molar-refractivity contribution is -0.137. The maximum absolute atomic E-state index is 11.4. The number of hydrogen-bond acceptors (Lipinski definition) is 3. The normalized spacial score (nSPS) is 12.3. The molecule has 0 unspecified atom stereocenters. The monoisotopic (exact) mass is 506 g/mol. The van der Waals surface area contributed by atoms with Gasteiger partial charge < -0.3 is 14.4 Å². The summed E-state index contributed by atoms with van der Waals surface area (Å²) in [5.41, 5.74) is 8.52. The van der Waals surface area contributed by atoms with Gasteiger partial charge in [-0.15, -0.1) is 0 Å². The Labute approximate surface area is 218 Å². The van der Waals surface area contributed by atoms with Gasteiger partial charge in [-0.2, -0.15) is 0 Å². The van der Waals surface area contributed by atoms with Crippen LogP contribution in [0.15, 0.2) is 53.2 Å². The molecule has 1 N–H and O–H groups in total. The van der Waals surface area contributed by atoms with Gasteiger partial charge in [0.2, 0.25) is 0 Å². The zero-order valence-corrected chi connectivity index (χ0v) is 22.6. The third kappa shape index (κ3) is 5.90. The number of aliphatic imine (C=N–C) groups is 1. The summed E-state index contributed by atoms with van der Waals surface area (Å²) < 4.78 is 8.20. The van der Waals surface area contributed by atoms with Crippen LogP contribution in [-0.2, 0) is 17.8 Å². The molecule has 3 aromatic rings. The number of hydrogen-bond donors (Lipinski definition) is 1. The number of para-hydroxylation sites is 1. The molecule has 0 atom stereocenters. The van der Waals surface area contributed by atoms with Gasteiger partial charge in [-0.05, 0) is 94.1 Å². The number of carbonyl (C=O) groups is 1. The summed E-state index contributed by atoms with van der Waals surface area (Å²) in [4.78, 5) is 15.4. The third-order valence-corrected chi connectivity index (χ3v) is 7.16. The summed E-state index contributed by atoms with van der Waals surface area (Å²) in [5, 5.41) is 11.3. The van der Waals surface area contributed by atoms with Crippen molar-refractivity contribution >= 4 is 40.8 Å². The summed E-state index contributed by atoms with van der Waals surface area (Å²) in [6, 6.07) is 10.2. The minimum atomic E-state index is -0.810. The van der Waals surface area contributed by atoms with Gasteiger partial charge >= 0.3 is 5.97 Å². The second-order valence-electron chi connectivity index (χ2n) is 9.08. The van der Waals surface area contributed by atoms with Crippen LogP contribution in [0, 0.1) is 20.8 Å². The SMILES string of the molecule is C=N/C=C(C)\C(=C/C)c1cccc2c(CCCOc3cc(C)c(Cl)c(C)c3)c(C)n(CCC(=O)O)c12. The van der Waals surface area contributed by atoms with E-state index in [9.17, 15) is 9.90 Å². The molecule has 0 saturated carbocycles. The maximum Gasteiger partial charge on any atom is 0.305 e. The average Bonchev–Trinajstić information content (AvgIpc) is 3.10. The molecule has 0 bridgehead atoms. The molecule has 0 aliphatic carbocycles. The number of aliphatic carboxylic acids is 1. The molecule has 0 radical (unpaired) electrons. The fraction of sp³-hybridized carbons (Fsp3) is 0.333. The van der Waals surface area contributed by atoms with E-state index >= 15 is 0 Å². The van der Waals surface area contributed by atoms with E-state index in [0.717, 1.165) is 68.0 Å². The quantitative estimate of drug-likeness (QED) is 0.164. The van der Waals surface area contributed by atoms with Gasteiger partial charge in [0, 0.05) is 34.4 Å². The summed E-state index contributed by atoms with van der Waals surface area (Å²) in [7, 11) is 0. The van der Waals surface area contributed by atoms with Crippen LogP contribution in [0.1, 0.15) is 54.6 Å². The van der Waals surface area contributed by atoms with Gasteiger partial charge in [0.1, 0.15) is 5.75 Å². The molecule has 1 aromatic heterocycles. The molecule has 3 rings (SSSR count). The molecule has 36 heavy (non-hydrogen) atoms. The molecule has 5 nitrogen and oxygen atoms in total. The highest BCUT2D eigenvalue weighted by Crippen LogP contribution is 2.35. The van der Waals surface area contributed by atoms with Crippen LogP contribution in [0.2, 0.25) is 5.02 Å². The Morgan fingerprint density at radius 1 is 1.22 bits per heavy atom. The smallest absolute Gasteiger partial charge is 0.305 e. The predicted molar refractivity (Wildman–Crippen MR) is 151 cm³/mol. The summed E-state index contributed by atoms with van der Waals surface area (Å²) in [6.07, 6.45) is 5.54. The summed E-state index contributed by atoms with van der Waals surface area (Å²) >= 11 is 6.28. The Morgan fingerprint density at radius 2 is 1.92 bits per heavy atom. The minimum absolute atomic E-state index is 0.0605. The van der Waals surface area contributed by atoms with Crippen molar-refractivity contribution in [1.82, 2.24) is 4.57 Å². The molecule has 2 aromatic carbocycles. The van der Waals surface area contributed by atoms with E-state index < -0.39 is 5.97 Å². The second kappa shape index (κ2) is 12.1. The van der Waals surface area contributed by atoms with E-state index in [-0.39, 0.29) is 6.42 Å². The fourth-order valence-electron chi connectivity index (χ4n) is 4.85. The Kier molecular flexibility index (Phi) is 9.16. The maximum atomic E-state index is 11.4. The molecule has 0 aliphatic heterocycles. The number of carboxylic acid groups (broad SMARTS) is 1. The number of rotatable bonds is 11. The van der Waals surface area contributed by atoms with Gasteiger partial charge in [-0.3, -0.25) is 9.79 Å². The van der Waals surface area contributed by atoms with Crippen LogP contribution >= 0.6 is 11.6 Å². The highest BCUT2D eigenvalue weighted by atomic mass is 35.5. The molecule has 0 spiro atoms. The average molecular weight is 507 g/mol. The van der Waals surface area contributed by atoms with Gasteiger partial charge in [-0.25, -0.2) is 0 Å². The summed E-state index contributed by atoms with van der Waals surface area (Å²) in [6.45, 7) is 14.6. The standard InChI is InChI=1S/C30H35ClN2O3/c1-7-24(21(4)18-32-6)26-10-8-11-27-25(22(5)33(30(26)27)14-13-28(34)35)12-9-15-36-23-16-19(2)29(31)20(3)17-23/h7-8,10-11,16-18H,6,9,12-15H2,1-5H3,(H,34,35)/b21-18-,24-7+.